The van der Waals surface area contributed by atoms with Gasteiger partial charge in [0.25, 0.3) is 0 Å². The van der Waals surface area contributed by atoms with E-state index in [2.05, 4.69) is 9.47 Å². The quantitative estimate of drug-likeness (QED) is 0.536. The minimum Gasteiger partial charge on any atom is -0.469 e. The predicted molar refractivity (Wildman–Crippen MR) is 34.4 cm³/mol. The molecule has 0 aromatic carbocycles. The van der Waals surface area contributed by atoms with Crippen LogP contribution in [-0.4, -0.2) is 26.2 Å². The highest BCUT2D eigenvalue weighted by Crippen LogP contribution is 1.92. The second-order valence-electron chi connectivity index (χ2n) is 1.65. The first-order valence-electron chi connectivity index (χ1n) is 2.84. The third kappa shape index (κ3) is 3.88. The number of rotatable bonds is 3. The minimum atomic E-state index is -0.398. The van der Waals surface area contributed by atoms with Gasteiger partial charge in [-0.15, -0.1) is 0 Å². The summed E-state index contributed by atoms with van der Waals surface area (Å²) in [5, 5.41) is 0. The Bertz CT molecular complexity index is 119. The van der Waals surface area contributed by atoms with Crippen molar-refractivity contribution in [1.29, 1.82) is 0 Å². The number of hydrogen-bond donors (Lipinski definition) is 0. The maximum absolute atomic E-state index is 10.4. The molecule has 0 fully saturated rings. The van der Waals surface area contributed by atoms with Crippen LogP contribution < -0.4 is 0 Å². The van der Waals surface area contributed by atoms with E-state index in [1.807, 2.05) is 0 Å². The minimum absolute atomic E-state index is 0. The van der Waals surface area contributed by atoms with Gasteiger partial charge in [0.05, 0.1) is 27.1 Å². The Morgan fingerprint density at radius 2 is 1.40 bits per heavy atom. The highest BCUT2D eigenvalue weighted by Gasteiger charge is 2.04. The fourth-order valence-electron chi connectivity index (χ4n) is 0.408. The first-order valence-corrected chi connectivity index (χ1v) is 2.84. The molecule has 0 saturated carbocycles. The lowest BCUT2D eigenvalue weighted by Gasteiger charge is -1.96. The zero-order chi connectivity index (χ0) is 7.98. The van der Waals surface area contributed by atoms with Gasteiger partial charge in [0.15, 0.2) is 0 Å². The van der Waals surface area contributed by atoms with Crippen molar-refractivity contribution in [3.8, 4) is 0 Å². The molecule has 4 heteroatoms. The molecule has 0 aliphatic heterocycles. The van der Waals surface area contributed by atoms with Gasteiger partial charge in [0, 0.05) is 0 Å². The predicted octanol–water partition coefficient (Wildman–Crippen LogP) is 0.225. The van der Waals surface area contributed by atoms with Gasteiger partial charge in [-0.05, 0) is 0 Å². The zero-order valence-electron chi connectivity index (χ0n) is 7.05. The van der Waals surface area contributed by atoms with Crippen LogP contribution in [0.25, 0.3) is 0 Å². The third-order valence-electron chi connectivity index (χ3n) is 0.989. The summed E-state index contributed by atoms with van der Waals surface area (Å²) in [4.78, 5) is 20.8. The Labute approximate surface area is 60.6 Å². The van der Waals surface area contributed by atoms with Crippen molar-refractivity contribution < 1.29 is 20.5 Å². The Morgan fingerprint density at radius 1 is 1.10 bits per heavy atom. The lowest BCUT2D eigenvalue weighted by molar-refractivity contribution is -0.147. The molecule has 0 saturated heterocycles. The van der Waals surface area contributed by atoms with Crippen molar-refractivity contribution in [1.82, 2.24) is 0 Å². The van der Waals surface area contributed by atoms with Crippen LogP contribution in [-0.2, 0) is 19.1 Å². The molecule has 10 heavy (non-hydrogen) atoms. The topological polar surface area (TPSA) is 52.6 Å². The van der Waals surface area contributed by atoms with E-state index < -0.39 is 11.9 Å². The van der Waals surface area contributed by atoms with Gasteiger partial charge < -0.3 is 9.47 Å². The van der Waals surface area contributed by atoms with Crippen LogP contribution >= 0.6 is 0 Å². The number of carbonyl (C=O) groups is 2. The number of methoxy groups -OCH3 is 2. The average Bonchev–Trinajstić information content (AvgIpc) is 1.99. The summed E-state index contributed by atoms with van der Waals surface area (Å²) < 4.78 is 8.60. The third-order valence-corrected chi connectivity index (χ3v) is 0.989. The monoisotopic (exact) mass is 147 g/mol. The molecule has 0 heterocycles. The number of ether oxygens (including phenoxy) is 2. The maximum atomic E-state index is 10.4. The number of hydrogen-bond acceptors (Lipinski definition) is 4. The summed E-state index contributed by atoms with van der Waals surface area (Å²) >= 11 is 0. The van der Waals surface area contributed by atoms with E-state index in [1.165, 1.54) is 14.2 Å². The summed E-state index contributed by atoms with van der Waals surface area (Å²) in [6.45, 7) is 0. The molecule has 0 unspecified atom stereocenters. The Hall–Kier alpha value is -1.06. The standard InChI is InChI=1S/C6H10O4/c1-9-5(7)3-4-6(8)10-2/h3-4H2,1-2H3/p+1. The highest BCUT2D eigenvalue weighted by atomic mass is 16.5. The molecule has 0 aliphatic rings. The normalized spacial score (nSPS) is 8.60. The molecule has 0 aliphatic carbocycles. The van der Waals surface area contributed by atoms with Crippen molar-refractivity contribution in [2.24, 2.45) is 0 Å². The van der Waals surface area contributed by atoms with Gasteiger partial charge in [-0.25, -0.2) is 0 Å². The Kier molecular flexibility index (Phi) is 4.28. The van der Waals surface area contributed by atoms with Gasteiger partial charge in [0.2, 0.25) is 0 Å². The Balaban J connectivity index is 0. The van der Waals surface area contributed by atoms with E-state index in [0.29, 0.717) is 0 Å². The summed E-state index contributed by atoms with van der Waals surface area (Å²) in [7, 11) is 2.55. The van der Waals surface area contributed by atoms with E-state index in [0.717, 1.165) is 0 Å². The SMILES string of the molecule is COC(=O)CCC(=O)OC.[H+]. The fraction of sp³-hybridized carbons (Fsp3) is 0.667. The summed E-state index contributed by atoms with van der Waals surface area (Å²) in [5.41, 5.74) is 0. The van der Waals surface area contributed by atoms with E-state index in [9.17, 15) is 9.59 Å². The molecule has 0 rings (SSSR count). The van der Waals surface area contributed by atoms with Crippen molar-refractivity contribution in [3.63, 3.8) is 0 Å². The zero-order valence-corrected chi connectivity index (χ0v) is 6.05. The van der Waals surface area contributed by atoms with E-state index in [4.69, 9.17) is 0 Å². The lowest BCUT2D eigenvalue weighted by Crippen LogP contribution is -2.06. The first kappa shape index (κ1) is 8.94. The van der Waals surface area contributed by atoms with E-state index in [-0.39, 0.29) is 14.3 Å². The highest BCUT2D eigenvalue weighted by molar-refractivity contribution is 5.77. The van der Waals surface area contributed by atoms with Crippen LogP contribution in [0.4, 0.5) is 0 Å². The van der Waals surface area contributed by atoms with E-state index in [1.54, 1.807) is 0 Å². The molecular formula is C6H11O4+. The largest absolute Gasteiger partial charge is 1.00 e. The summed E-state index contributed by atoms with van der Waals surface area (Å²) in [6, 6.07) is 0. The summed E-state index contributed by atoms with van der Waals surface area (Å²) in [6.07, 6.45) is 0.173. The molecule has 0 spiro atoms. The number of carbonyl (C=O) groups excluding carboxylic acids is 2. The van der Waals surface area contributed by atoms with Crippen LogP contribution in [0, 0.1) is 0 Å². The van der Waals surface area contributed by atoms with E-state index >= 15 is 0 Å². The Morgan fingerprint density at radius 3 is 1.60 bits per heavy atom. The molecule has 0 bridgehead atoms. The second kappa shape index (κ2) is 4.78. The van der Waals surface area contributed by atoms with Gasteiger partial charge in [0.1, 0.15) is 0 Å². The molecular weight excluding hydrogens is 136 g/mol. The first-order chi connectivity index (χ1) is 4.70. The average molecular weight is 147 g/mol. The number of esters is 2. The molecule has 0 aromatic heterocycles. The molecule has 0 amide bonds. The second-order valence-corrected chi connectivity index (χ2v) is 1.65. The van der Waals surface area contributed by atoms with Crippen molar-refractivity contribution in [2.75, 3.05) is 14.2 Å². The molecule has 58 valence electrons. The summed E-state index contributed by atoms with van der Waals surface area (Å²) in [5.74, 6) is -0.796. The smallest absolute Gasteiger partial charge is 0.469 e. The van der Waals surface area contributed by atoms with Gasteiger partial charge in [-0.3, -0.25) is 9.59 Å². The molecule has 0 N–H and O–H groups in total. The van der Waals surface area contributed by atoms with Crippen LogP contribution in [0.3, 0.4) is 0 Å². The maximum Gasteiger partial charge on any atom is 1.00 e. The van der Waals surface area contributed by atoms with Gasteiger partial charge in [-0.2, -0.15) is 0 Å². The molecule has 0 radical (unpaired) electrons. The van der Waals surface area contributed by atoms with Crippen molar-refractivity contribution in [3.05, 3.63) is 0 Å². The lowest BCUT2D eigenvalue weighted by atomic mass is 10.3. The molecule has 4 nitrogen and oxygen atoms in total. The van der Waals surface area contributed by atoms with Crippen LogP contribution in [0.1, 0.15) is 14.3 Å². The van der Waals surface area contributed by atoms with Crippen LogP contribution in [0.5, 0.6) is 0 Å². The van der Waals surface area contributed by atoms with Crippen LogP contribution in [0.15, 0.2) is 0 Å². The molecule has 0 atom stereocenters. The van der Waals surface area contributed by atoms with Crippen LogP contribution in [0.2, 0.25) is 0 Å². The van der Waals surface area contributed by atoms with Gasteiger partial charge in [-0.1, -0.05) is 0 Å². The van der Waals surface area contributed by atoms with Gasteiger partial charge >= 0.3 is 13.4 Å². The molecule has 0 aromatic rings. The van der Waals surface area contributed by atoms with Crippen molar-refractivity contribution >= 4 is 11.9 Å². The van der Waals surface area contributed by atoms with Crippen molar-refractivity contribution in [2.45, 2.75) is 12.8 Å². The fourth-order valence-corrected chi connectivity index (χ4v) is 0.408.